The molecule has 0 spiro atoms. The van der Waals surface area contributed by atoms with Crippen molar-refractivity contribution in [2.45, 2.75) is 12.8 Å². The Labute approximate surface area is 70.8 Å². The van der Waals surface area contributed by atoms with E-state index in [4.69, 9.17) is 0 Å². The molecule has 1 aliphatic rings. The molecule has 0 aromatic heterocycles. The quantitative estimate of drug-likeness (QED) is 0.564. The van der Waals surface area contributed by atoms with E-state index >= 15 is 0 Å². The summed E-state index contributed by atoms with van der Waals surface area (Å²) < 4.78 is 9.06. The third-order valence-electron chi connectivity index (χ3n) is 2.28. The first-order valence-electron chi connectivity index (χ1n) is 3.86. The van der Waals surface area contributed by atoms with Crippen LogP contribution in [0.25, 0.3) is 0 Å². The van der Waals surface area contributed by atoms with Crippen LogP contribution in [0.4, 0.5) is 0 Å². The summed E-state index contributed by atoms with van der Waals surface area (Å²) in [5, 5.41) is 0. The Morgan fingerprint density at radius 1 is 1.00 bits per heavy atom. The second kappa shape index (κ2) is 3.56. The van der Waals surface area contributed by atoms with Crippen molar-refractivity contribution in [1.29, 1.82) is 0 Å². The van der Waals surface area contributed by atoms with Crippen molar-refractivity contribution in [3.8, 4) is 0 Å². The molecule has 0 saturated heterocycles. The molecule has 0 heterocycles. The minimum Gasteiger partial charge on any atom is -0.469 e. The average Bonchev–Trinajstić information content (AvgIpc) is 2.02. The summed E-state index contributed by atoms with van der Waals surface area (Å²) in [7, 11) is 2.66. The van der Waals surface area contributed by atoms with Crippen LogP contribution in [0.15, 0.2) is 0 Å². The van der Waals surface area contributed by atoms with Crippen molar-refractivity contribution >= 4 is 11.9 Å². The van der Waals surface area contributed by atoms with Crippen LogP contribution in [-0.2, 0) is 19.1 Å². The van der Waals surface area contributed by atoms with Gasteiger partial charge in [-0.05, 0) is 12.8 Å². The zero-order valence-electron chi connectivity index (χ0n) is 7.20. The molecule has 0 aromatic carbocycles. The van der Waals surface area contributed by atoms with Gasteiger partial charge in [-0.15, -0.1) is 0 Å². The first-order valence-corrected chi connectivity index (χ1v) is 3.86. The zero-order valence-corrected chi connectivity index (χ0v) is 7.20. The van der Waals surface area contributed by atoms with Gasteiger partial charge in [0, 0.05) is 0 Å². The standard InChI is InChI=1S/C8H12O4/c1-11-7(9)5-3-4-6(5)8(10)12-2/h5-6H,3-4H2,1-2H3/t5-,6?/m0/s1. The van der Waals surface area contributed by atoms with Crippen LogP contribution in [0.2, 0.25) is 0 Å². The summed E-state index contributed by atoms with van der Waals surface area (Å²) in [6.45, 7) is 0. The van der Waals surface area contributed by atoms with Crippen molar-refractivity contribution in [2.24, 2.45) is 11.8 Å². The second-order valence-electron chi connectivity index (χ2n) is 2.84. The average molecular weight is 172 g/mol. The van der Waals surface area contributed by atoms with Gasteiger partial charge < -0.3 is 9.47 Å². The van der Waals surface area contributed by atoms with Crippen molar-refractivity contribution < 1.29 is 19.1 Å². The minimum atomic E-state index is -0.309. The first kappa shape index (κ1) is 9.03. The summed E-state index contributed by atoms with van der Waals surface area (Å²) >= 11 is 0. The van der Waals surface area contributed by atoms with Crippen LogP contribution in [0.3, 0.4) is 0 Å². The van der Waals surface area contributed by atoms with E-state index in [1.807, 2.05) is 0 Å². The fourth-order valence-corrected chi connectivity index (χ4v) is 1.37. The van der Waals surface area contributed by atoms with E-state index in [2.05, 4.69) is 9.47 Å². The van der Waals surface area contributed by atoms with Crippen LogP contribution in [-0.4, -0.2) is 26.2 Å². The van der Waals surface area contributed by atoms with Crippen LogP contribution < -0.4 is 0 Å². The molecule has 1 unspecified atom stereocenters. The molecule has 1 rings (SSSR count). The number of rotatable bonds is 2. The minimum absolute atomic E-state index is 0.276. The highest BCUT2D eigenvalue weighted by Gasteiger charge is 2.42. The normalized spacial score (nSPS) is 27.2. The molecule has 12 heavy (non-hydrogen) atoms. The predicted octanol–water partition coefficient (Wildman–Crippen LogP) is 0.359. The molecule has 0 radical (unpaired) electrons. The summed E-state index contributed by atoms with van der Waals surface area (Å²) in [6, 6.07) is 0. The van der Waals surface area contributed by atoms with E-state index in [-0.39, 0.29) is 23.8 Å². The number of hydrogen-bond acceptors (Lipinski definition) is 4. The lowest BCUT2D eigenvalue weighted by Crippen LogP contribution is -2.39. The largest absolute Gasteiger partial charge is 0.469 e. The molecule has 4 nitrogen and oxygen atoms in total. The molecule has 1 saturated carbocycles. The highest BCUT2D eigenvalue weighted by Crippen LogP contribution is 2.35. The van der Waals surface area contributed by atoms with Gasteiger partial charge in [0.1, 0.15) is 0 Å². The summed E-state index contributed by atoms with van der Waals surface area (Å²) in [5.74, 6) is -1.17. The van der Waals surface area contributed by atoms with Gasteiger partial charge in [0.15, 0.2) is 0 Å². The van der Waals surface area contributed by atoms with Crippen LogP contribution >= 0.6 is 0 Å². The van der Waals surface area contributed by atoms with Gasteiger partial charge >= 0.3 is 11.9 Å². The maximum Gasteiger partial charge on any atom is 0.309 e. The van der Waals surface area contributed by atoms with Crippen LogP contribution in [0.5, 0.6) is 0 Å². The zero-order chi connectivity index (χ0) is 9.14. The fraction of sp³-hybridized carbons (Fsp3) is 0.750. The Morgan fingerprint density at radius 3 is 1.50 bits per heavy atom. The number of carbonyl (C=O) groups excluding carboxylic acids is 2. The molecular weight excluding hydrogens is 160 g/mol. The lowest BCUT2D eigenvalue weighted by atomic mass is 9.74. The van der Waals surface area contributed by atoms with Gasteiger partial charge in [0.2, 0.25) is 0 Å². The molecule has 1 fully saturated rings. The molecule has 0 amide bonds. The summed E-state index contributed by atoms with van der Waals surface area (Å²) in [6.07, 6.45) is 1.46. The van der Waals surface area contributed by atoms with Crippen molar-refractivity contribution in [3.63, 3.8) is 0 Å². The maximum atomic E-state index is 11.0. The molecular formula is C8H12O4. The number of methoxy groups -OCH3 is 2. The summed E-state index contributed by atoms with van der Waals surface area (Å²) in [4.78, 5) is 22.0. The van der Waals surface area contributed by atoms with E-state index in [0.29, 0.717) is 0 Å². The smallest absolute Gasteiger partial charge is 0.309 e. The molecule has 1 aliphatic carbocycles. The monoisotopic (exact) mass is 172 g/mol. The van der Waals surface area contributed by atoms with Crippen molar-refractivity contribution in [1.82, 2.24) is 0 Å². The molecule has 0 bridgehead atoms. The Kier molecular flexibility index (Phi) is 2.68. The number of carbonyl (C=O) groups is 2. The third-order valence-corrected chi connectivity index (χ3v) is 2.28. The van der Waals surface area contributed by atoms with E-state index in [9.17, 15) is 9.59 Å². The molecule has 4 heteroatoms. The number of esters is 2. The van der Waals surface area contributed by atoms with Gasteiger partial charge in [0.25, 0.3) is 0 Å². The maximum absolute atomic E-state index is 11.0. The third kappa shape index (κ3) is 1.42. The first-order chi connectivity index (χ1) is 5.70. The van der Waals surface area contributed by atoms with E-state index in [1.54, 1.807) is 0 Å². The van der Waals surface area contributed by atoms with E-state index in [0.717, 1.165) is 12.8 Å². The molecule has 2 atom stereocenters. The highest BCUT2D eigenvalue weighted by atomic mass is 16.5. The van der Waals surface area contributed by atoms with Crippen LogP contribution in [0.1, 0.15) is 12.8 Å². The molecule has 0 aromatic rings. The number of hydrogen-bond donors (Lipinski definition) is 0. The van der Waals surface area contributed by atoms with Gasteiger partial charge in [-0.2, -0.15) is 0 Å². The van der Waals surface area contributed by atoms with Gasteiger partial charge in [-0.1, -0.05) is 0 Å². The lowest BCUT2D eigenvalue weighted by Gasteiger charge is -2.31. The number of ether oxygens (including phenoxy) is 2. The topological polar surface area (TPSA) is 52.6 Å². The van der Waals surface area contributed by atoms with Crippen molar-refractivity contribution in [3.05, 3.63) is 0 Å². The van der Waals surface area contributed by atoms with Gasteiger partial charge in [-0.3, -0.25) is 9.59 Å². The van der Waals surface area contributed by atoms with Gasteiger partial charge in [0.05, 0.1) is 26.1 Å². The second-order valence-corrected chi connectivity index (χ2v) is 2.84. The lowest BCUT2D eigenvalue weighted by molar-refractivity contribution is -0.164. The predicted molar refractivity (Wildman–Crippen MR) is 40.2 cm³/mol. The molecule has 68 valence electrons. The van der Waals surface area contributed by atoms with E-state index < -0.39 is 0 Å². The Morgan fingerprint density at radius 2 is 1.33 bits per heavy atom. The van der Waals surface area contributed by atoms with Crippen molar-refractivity contribution in [2.75, 3.05) is 14.2 Å². The molecule has 0 N–H and O–H groups in total. The Hall–Kier alpha value is -1.06. The summed E-state index contributed by atoms with van der Waals surface area (Å²) in [5.41, 5.74) is 0. The highest BCUT2D eigenvalue weighted by molar-refractivity contribution is 5.83. The fourth-order valence-electron chi connectivity index (χ4n) is 1.37. The SMILES string of the molecule is COC(=O)C1CC[C@@H]1C(=O)OC. The molecule has 0 aliphatic heterocycles. The van der Waals surface area contributed by atoms with Crippen LogP contribution in [0, 0.1) is 11.8 Å². The van der Waals surface area contributed by atoms with E-state index in [1.165, 1.54) is 14.2 Å². The Balaban J connectivity index is 2.49. The van der Waals surface area contributed by atoms with Gasteiger partial charge in [-0.25, -0.2) is 0 Å². The Bertz CT molecular complexity index is 177.